The number of hydrogen-bond donors (Lipinski definition) is 0. The van der Waals surface area contributed by atoms with Gasteiger partial charge in [-0.1, -0.05) is 68.7 Å². The molecule has 196 valence electrons. The molecule has 0 aromatic carbocycles. The highest BCUT2D eigenvalue weighted by Gasteiger charge is 2.48. The third-order valence-electron chi connectivity index (χ3n) is 10.2. The third-order valence-corrected chi connectivity index (χ3v) is 10.2. The summed E-state index contributed by atoms with van der Waals surface area (Å²) in [5.74, 6) is 3.13. The van der Waals surface area contributed by atoms with Crippen LogP contribution in [-0.2, 0) is 4.79 Å². The number of rotatable bonds is 0. The summed E-state index contributed by atoms with van der Waals surface area (Å²) in [6.07, 6.45) is 29.6. The first-order chi connectivity index (χ1) is 17.3. The monoisotopic (exact) mass is 480 g/mol. The largest absolute Gasteiger partial charge is 0.299 e. The Labute approximate surface area is 215 Å². The highest BCUT2D eigenvalue weighted by atomic mass is 16.1. The van der Waals surface area contributed by atoms with Crippen LogP contribution in [0.4, 0.5) is 0 Å². The Balaban J connectivity index is 1.45. The molecule has 0 saturated carbocycles. The number of fused-ring (bicyclic) bond motifs is 1. The van der Waals surface area contributed by atoms with E-state index in [-0.39, 0.29) is 0 Å². The second-order valence-electron chi connectivity index (χ2n) is 12.6. The molecular weight excluding hydrogens is 428 g/mol. The SMILES string of the molecule is O=C1CCN2CC[C@H]3[C@H]4CCCCCC/C=C/CCCN5CC(=C[C@@H]3C5)CCCCCCC[C@H]1[C@H]42. The van der Waals surface area contributed by atoms with Crippen LogP contribution in [0.1, 0.15) is 109 Å². The smallest absolute Gasteiger partial charge is 0.138 e. The van der Waals surface area contributed by atoms with Gasteiger partial charge in [-0.15, -0.1) is 0 Å². The molecule has 1 unspecified atom stereocenters. The van der Waals surface area contributed by atoms with Gasteiger partial charge in [0, 0.05) is 38.0 Å². The Morgan fingerprint density at radius 1 is 0.686 bits per heavy atom. The van der Waals surface area contributed by atoms with Crippen molar-refractivity contribution in [3.05, 3.63) is 23.8 Å². The first kappa shape index (κ1) is 25.7. The lowest BCUT2D eigenvalue weighted by molar-refractivity contribution is -0.135. The molecule has 0 spiro atoms. The molecule has 2 saturated heterocycles. The van der Waals surface area contributed by atoms with E-state index in [4.69, 9.17) is 0 Å². The molecule has 6 atom stereocenters. The molecule has 5 rings (SSSR count). The average Bonchev–Trinajstić information content (AvgIpc) is 2.86. The fourth-order valence-corrected chi connectivity index (χ4v) is 8.45. The zero-order valence-corrected chi connectivity index (χ0v) is 22.5. The van der Waals surface area contributed by atoms with Crippen molar-refractivity contribution in [3.63, 3.8) is 0 Å². The molecule has 3 nitrogen and oxygen atoms in total. The van der Waals surface area contributed by atoms with Crippen LogP contribution >= 0.6 is 0 Å². The van der Waals surface area contributed by atoms with E-state index in [1.165, 1.54) is 122 Å². The van der Waals surface area contributed by atoms with Crippen LogP contribution in [0, 0.1) is 23.7 Å². The number of allylic oxidation sites excluding steroid dienone is 2. The third kappa shape index (κ3) is 6.69. The van der Waals surface area contributed by atoms with Gasteiger partial charge in [-0.2, -0.15) is 0 Å². The Morgan fingerprint density at radius 2 is 1.46 bits per heavy atom. The van der Waals surface area contributed by atoms with Crippen LogP contribution in [0.25, 0.3) is 0 Å². The highest BCUT2D eigenvalue weighted by molar-refractivity contribution is 5.82. The zero-order valence-electron chi connectivity index (χ0n) is 22.5. The van der Waals surface area contributed by atoms with Gasteiger partial charge in [-0.3, -0.25) is 14.6 Å². The molecule has 0 aromatic heterocycles. The molecule has 4 aliphatic heterocycles. The predicted molar refractivity (Wildman–Crippen MR) is 146 cm³/mol. The van der Waals surface area contributed by atoms with Gasteiger partial charge in [0.05, 0.1) is 0 Å². The van der Waals surface area contributed by atoms with Crippen molar-refractivity contribution in [2.45, 2.75) is 115 Å². The number of ketones is 1. The van der Waals surface area contributed by atoms with E-state index in [9.17, 15) is 4.79 Å². The number of carbonyl (C=O) groups is 1. The van der Waals surface area contributed by atoms with Gasteiger partial charge in [0.15, 0.2) is 0 Å². The van der Waals surface area contributed by atoms with E-state index in [1.54, 1.807) is 5.57 Å². The molecule has 35 heavy (non-hydrogen) atoms. The van der Waals surface area contributed by atoms with Crippen LogP contribution in [0.5, 0.6) is 0 Å². The summed E-state index contributed by atoms with van der Waals surface area (Å²) >= 11 is 0. The zero-order chi connectivity index (χ0) is 23.9. The molecule has 0 radical (unpaired) electrons. The van der Waals surface area contributed by atoms with E-state index in [1.807, 2.05) is 0 Å². The van der Waals surface area contributed by atoms with Crippen LogP contribution in [-0.4, -0.2) is 54.3 Å². The summed E-state index contributed by atoms with van der Waals surface area (Å²) in [5.41, 5.74) is 1.74. The molecule has 1 aliphatic carbocycles. The minimum Gasteiger partial charge on any atom is -0.299 e. The number of Topliss-reactive ketones (excluding diaryl/α,β-unsaturated/α-hetero) is 1. The van der Waals surface area contributed by atoms with Gasteiger partial charge in [-0.05, 0) is 88.6 Å². The van der Waals surface area contributed by atoms with E-state index >= 15 is 0 Å². The van der Waals surface area contributed by atoms with E-state index in [2.05, 4.69) is 28.0 Å². The lowest BCUT2D eigenvalue weighted by atomic mass is 9.64. The average molecular weight is 481 g/mol. The van der Waals surface area contributed by atoms with E-state index < -0.39 is 0 Å². The Kier molecular flexibility index (Phi) is 9.58. The van der Waals surface area contributed by atoms with Gasteiger partial charge in [0.1, 0.15) is 5.78 Å². The van der Waals surface area contributed by atoms with Crippen LogP contribution in [0.2, 0.25) is 0 Å². The molecule has 0 amide bonds. The van der Waals surface area contributed by atoms with Crippen molar-refractivity contribution in [1.82, 2.24) is 9.80 Å². The lowest BCUT2D eigenvalue weighted by Crippen LogP contribution is -2.59. The Hall–Kier alpha value is -0.930. The summed E-state index contributed by atoms with van der Waals surface area (Å²) in [6.45, 7) is 6.01. The number of hydrogen-bond acceptors (Lipinski definition) is 3. The summed E-state index contributed by atoms with van der Waals surface area (Å²) in [6, 6.07) is 0.534. The van der Waals surface area contributed by atoms with E-state index in [0.717, 1.165) is 31.2 Å². The van der Waals surface area contributed by atoms with Gasteiger partial charge in [-0.25, -0.2) is 0 Å². The fraction of sp³-hybridized carbons (Fsp3) is 0.844. The standard InChI is InChI=1S/C32H52N2O/c35-31-19-22-34-21-18-28-27-23-26-15-11-7-6-9-13-17-30(31)32(34)29(28)16-12-8-4-2-1-3-5-10-14-20-33(24-26)25-27/h3,5,23,27-30,32H,1-2,4,6-22,24-25H2/b5-3+/t27-,28-,29-,30-,32+/m1/s1. The van der Waals surface area contributed by atoms with Crippen LogP contribution in [0.3, 0.4) is 0 Å². The van der Waals surface area contributed by atoms with Gasteiger partial charge >= 0.3 is 0 Å². The summed E-state index contributed by atoms with van der Waals surface area (Å²) in [5, 5.41) is 0. The number of nitrogens with zero attached hydrogens (tertiary/aromatic N) is 2. The van der Waals surface area contributed by atoms with Crippen molar-refractivity contribution in [1.29, 1.82) is 0 Å². The minimum absolute atomic E-state index is 0.318. The maximum Gasteiger partial charge on any atom is 0.138 e. The van der Waals surface area contributed by atoms with Crippen molar-refractivity contribution in [2.24, 2.45) is 23.7 Å². The summed E-state index contributed by atoms with van der Waals surface area (Å²) in [7, 11) is 0. The summed E-state index contributed by atoms with van der Waals surface area (Å²) in [4.78, 5) is 19.0. The molecule has 0 aromatic rings. The Bertz CT molecular complexity index is 742. The highest BCUT2D eigenvalue weighted by Crippen LogP contribution is 2.45. The normalized spacial score (nSPS) is 39.5. The number of piperidine rings is 2. The predicted octanol–water partition coefficient (Wildman–Crippen LogP) is 7.18. The molecule has 3 heteroatoms. The lowest BCUT2D eigenvalue weighted by Gasteiger charge is -2.53. The minimum atomic E-state index is 0.318. The topological polar surface area (TPSA) is 23.6 Å². The first-order valence-corrected chi connectivity index (χ1v) is 15.6. The molecule has 6 bridgehead atoms. The van der Waals surface area contributed by atoms with Gasteiger partial charge in [0.25, 0.3) is 0 Å². The fourth-order valence-electron chi connectivity index (χ4n) is 8.45. The molecular formula is C32H52N2O. The van der Waals surface area contributed by atoms with Crippen molar-refractivity contribution < 1.29 is 4.79 Å². The molecule has 2 fully saturated rings. The van der Waals surface area contributed by atoms with Crippen molar-refractivity contribution in [2.75, 3.05) is 32.7 Å². The molecule has 5 aliphatic rings. The van der Waals surface area contributed by atoms with Gasteiger partial charge < -0.3 is 0 Å². The second-order valence-corrected chi connectivity index (χ2v) is 12.6. The van der Waals surface area contributed by atoms with E-state index in [0.29, 0.717) is 23.7 Å². The maximum absolute atomic E-state index is 13.3. The van der Waals surface area contributed by atoms with Crippen molar-refractivity contribution >= 4 is 5.78 Å². The maximum atomic E-state index is 13.3. The quantitative estimate of drug-likeness (QED) is 0.343. The molecule has 0 N–H and O–H groups in total. The Morgan fingerprint density at radius 3 is 2.37 bits per heavy atom. The summed E-state index contributed by atoms with van der Waals surface area (Å²) < 4.78 is 0. The van der Waals surface area contributed by atoms with Crippen LogP contribution in [0.15, 0.2) is 23.8 Å². The van der Waals surface area contributed by atoms with Gasteiger partial charge in [0.2, 0.25) is 0 Å². The first-order valence-electron chi connectivity index (χ1n) is 15.6. The second kappa shape index (κ2) is 13.0. The van der Waals surface area contributed by atoms with Crippen molar-refractivity contribution in [3.8, 4) is 0 Å². The number of carbonyl (C=O) groups excluding carboxylic acids is 1. The van der Waals surface area contributed by atoms with Crippen LogP contribution < -0.4 is 0 Å². The molecule has 4 heterocycles.